The molecule has 29 heavy (non-hydrogen) atoms. The number of methoxy groups -OCH3 is 1. The largest absolute Gasteiger partial charge is 0.495 e. The minimum atomic E-state index is -3.83. The van der Waals surface area contributed by atoms with Gasteiger partial charge in [-0.15, -0.1) is 0 Å². The number of nitro benzene ring substituents is 1. The van der Waals surface area contributed by atoms with Gasteiger partial charge >= 0.3 is 0 Å². The summed E-state index contributed by atoms with van der Waals surface area (Å²) in [6.07, 6.45) is 2.22. The highest BCUT2D eigenvalue weighted by molar-refractivity contribution is 7.92. The zero-order valence-electron chi connectivity index (χ0n) is 15.4. The number of non-ortho nitro benzene ring substituents is 1. The van der Waals surface area contributed by atoms with Crippen molar-refractivity contribution in [2.75, 3.05) is 24.2 Å². The lowest BCUT2D eigenvalue weighted by molar-refractivity contribution is -0.384. The first-order valence-electron chi connectivity index (χ1n) is 7.99. The number of amides is 1. The molecule has 0 radical (unpaired) electrons. The van der Waals surface area contributed by atoms with E-state index in [0.717, 1.165) is 10.6 Å². The van der Waals surface area contributed by atoms with E-state index in [9.17, 15) is 23.3 Å². The summed E-state index contributed by atoms with van der Waals surface area (Å²) in [6.45, 7) is -0.562. The molecule has 0 aliphatic heterocycles. The summed E-state index contributed by atoms with van der Waals surface area (Å²) in [4.78, 5) is 22.3. The molecule has 0 bridgehead atoms. The molecule has 0 spiro atoms. The van der Waals surface area contributed by atoms with E-state index in [1.165, 1.54) is 55.8 Å². The number of carbonyl (C=O) groups excluding carboxylic acids is 1. The van der Waals surface area contributed by atoms with Crippen molar-refractivity contribution < 1.29 is 22.9 Å². The van der Waals surface area contributed by atoms with Crippen molar-refractivity contribution in [3.63, 3.8) is 0 Å². The molecule has 2 rings (SSSR count). The summed E-state index contributed by atoms with van der Waals surface area (Å²) in [7, 11) is -2.47. The Hall–Kier alpha value is -3.18. The highest BCUT2D eigenvalue weighted by atomic mass is 35.5. The van der Waals surface area contributed by atoms with Crippen LogP contribution in [0.25, 0.3) is 0 Å². The fraction of sp³-hybridized carbons (Fsp3) is 0.176. The number of ether oxygens (including phenoxy) is 1. The number of carbonyl (C=O) groups is 1. The number of hydrogen-bond donors (Lipinski definition) is 1. The zero-order valence-corrected chi connectivity index (χ0v) is 17.0. The van der Waals surface area contributed by atoms with Gasteiger partial charge < -0.3 is 4.74 Å². The maximum absolute atomic E-state index is 12.2. The lowest BCUT2D eigenvalue weighted by Gasteiger charge is -2.23. The number of nitrogens with zero attached hydrogens (tertiary/aromatic N) is 3. The number of rotatable bonds is 8. The van der Waals surface area contributed by atoms with E-state index >= 15 is 0 Å². The molecule has 0 heterocycles. The van der Waals surface area contributed by atoms with E-state index in [-0.39, 0.29) is 22.1 Å². The predicted octanol–water partition coefficient (Wildman–Crippen LogP) is 2.17. The second kappa shape index (κ2) is 9.34. The maximum Gasteiger partial charge on any atom is 0.269 e. The molecular formula is C17H17ClN4O6S. The minimum Gasteiger partial charge on any atom is -0.495 e. The molecule has 1 N–H and O–H groups in total. The summed E-state index contributed by atoms with van der Waals surface area (Å²) in [6, 6.07) is 9.87. The highest BCUT2D eigenvalue weighted by Gasteiger charge is 2.24. The van der Waals surface area contributed by atoms with Crippen molar-refractivity contribution in [2.45, 2.75) is 0 Å². The maximum atomic E-state index is 12.2. The summed E-state index contributed by atoms with van der Waals surface area (Å²) in [5, 5.41) is 14.6. The van der Waals surface area contributed by atoms with Crippen molar-refractivity contribution in [1.82, 2.24) is 5.43 Å². The average molecular weight is 441 g/mol. The summed E-state index contributed by atoms with van der Waals surface area (Å²) in [5.74, 6) is -0.488. The Morgan fingerprint density at radius 3 is 2.52 bits per heavy atom. The number of nitrogens with one attached hydrogen (secondary N) is 1. The Morgan fingerprint density at radius 1 is 1.31 bits per heavy atom. The van der Waals surface area contributed by atoms with Gasteiger partial charge in [0.1, 0.15) is 12.3 Å². The monoisotopic (exact) mass is 440 g/mol. The first kappa shape index (κ1) is 22.1. The van der Waals surface area contributed by atoms with Crippen LogP contribution in [0.4, 0.5) is 11.4 Å². The van der Waals surface area contributed by atoms with E-state index < -0.39 is 27.4 Å². The number of nitro groups is 1. The van der Waals surface area contributed by atoms with Crippen LogP contribution in [0, 0.1) is 10.1 Å². The van der Waals surface area contributed by atoms with Crippen molar-refractivity contribution >= 4 is 45.1 Å². The Labute approximate surface area is 171 Å². The number of benzene rings is 2. The fourth-order valence-corrected chi connectivity index (χ4v) is 3.28. The van der Waals surface area contributed by atoms with Gasteiger partial charge in [0.25, 0.3) is 11.6 Å². The molecule has 2 aromatic carbocycles. The van der Waals surface area contributed by atoms with Crippen molar-refractivity contribution in [3.8, 4) is 5.75 Å². The molecule has 0 atom stereocenters. The van der Waals surface area contributed by atoms with Crippen molar-refractivity contribution in [1.29, 1.82) is 0 Å². The molecule has 0 fully saturated rings. The van der Waals surface area contributed by atoms with Gasteiger partial charge in [-0.05, 0) is 35.9 Å². The van der Waals surface area contributed by atoms with E-state index in [0.29, 0.717) is 5.56 Å². The van der Waals surface area contributed by atoms with Gasteiger partial charge in [-0.25, -0.2) is 13.8 Å². The van der Waals surface area contributed by atoms with Crippen LogP contribution in [-0.4, -0.2) is 45.4 Å². The van der Waals surface area contributed by atoms with E-state index in [1.54, 1.807) is 0 Å². The Morgan fingerprint density at radius 2 is 1.97 bits per heavy atom. The molecule has 10 nitrogen and oxygen atoms in total. The van der Waals surface area contributed by atoms with Gasteiger partial charge in [0.15, 0.2) is 0 Å². The van der Waals surface area contributed by atoms with Crippen LogP contribution < -0.4 is 14.5 Å². The first-order valence-corrected chi connectivity index (χ1v) is 10.2. The Bertz CT molecular complexity index is 1040. The zero-order chi connectivity index (χ0) is 21.6. The number of hydrogen-bond acceptors (Lipinski definition) is 7. The Kier molecular flexibility index (Phi) is 7.13. The van der Waals surface area contributed by atoms with Gasteiger partial charge in [-0.2, -0.15) is 5.10 Å². The van der Waals surface area contributed by atoms with Crippen LogP contribution in [0.3, 0.4) is 0 Å². The summed E-state index contributed by atoms with van der Waals surface area (Å²) >= 11 is 5.94. The normalized spacial score (nSPS) is 11.3. The van der Waals surface area contributed by atoms with Gasteiger partial charge in [-0.1, -0.05) is 11.6 Å². The topological polar surface area (TPSA) is 131 Å². The van der Waals surface area contributed by atoms with Crippen LogP contribution in [0.2, 0.25) is 5.02 Å². The van der Waals surface area contributed by atoms with Crippen LogP contribution in [0.15, 0.2) is 47.6 Å². The lowest BCUT2D eigenvalue weighted by atomic mass is 10.2. The number of halogens is 1. The van der Waals surface area contributed by atoms with Gasteiger partial charge in [0.05, 0.1) is 30.2 Å². The smallest absolute Gasteiger partial charge is 0.269 e. The van der Waals surface area contributed by atoms with Crippen molar-refractivity contribution in [2.24, 2.45) is 5.10 Å². The molecule has 12 heteroatoms. The van der Waals surface area contributed by atoms with Gasteiger partial charge in [-0.3, -0.25) is 19.2 Å². The summed E-state index contributed by atoms with van der Waals surface area (Å²) in [5.41, 5.74) is 2.75. The van der Waals surface area contributed by atoms with E-state index in [1.807, 2.05) is 0 Å². The van der Waals surface area contributed by atoms with Gasteiger partial charge in [0.2, 0.25) is 10.0 Å². The van der Waals surface area contributed by atoms with Gasteiger partial charge in [0, 0.05) is 17.2 Å². The third kappa shape index (κ3) is 6.16. The Balaban J connectivity index is 2.13. The second-order valence-electron chi connectivity index (χ2n) is 5.73. The number of sulfonamides is 1. The second-order valence-corrected chi connectivity index (χ2v) is 8.07. The molecule has 0 aromatic heterocycles. The SMILES string of the molecule is COc1ccc(Cl)cc1N(CC(=O)N/N=C\c1ccc([N+](=O)[O-])cc1)S(C)(=O)=O. The molecule has 0 aliphatic rings. The molecule has 154 valence electrons. The predicted molar refractivity (Wildman–Crippen MR) is 109 cm³/mol. The van der Waals surface area contributed by atoms with E-state index in [4.69, 9.17) is 16.3 Å². The van der Waals surface area contributed by atoms with E-state index in [2.05, 4.69) is 10.5 Å². The quantitative estimate of drug-likeness (QED) is 0.380. The van der Waals surface area contributed by atoms with Crippen LogP contribution in [0.1, 0.15) is 5.56 Å². The highest BCUT2D eigenvalue weighted by Crippen LogP contribution is 2.32. The molecule has 1 amide bonds. The van der Waals surface area contributed by atoms with Crippen LogP contribution in [-0.2, 0) is 14.8 Å². The van der Waals surface area contributed by atoms with Crippen molar-refractivity contribution in [3.05, 3.63) is 63.2 Å². The lowest BCUT2D eigenvalue weighted by Crippen LogP contribution is -2.39. The molecule has 0 saturated carbocycles. The molecule has 2 aromatic rings. The third-order valence-electron chi connectivity index (χ3n) is 3.60. The number of hydrazone groups is 1. The van der Waals surface area contributed by atoms with Crippen LogP contribution in [0.5, 0.6) is 5.75 Å². The molecule has 0 unspecified atom stereocenters. The fourth-order valence-electron chi connectivity index (χ4n) is 2.27. The summed E-state index contributed by atoms with van der Waals surface area (Å²) < 4.78 is 30.4. The van der Waals surface area contributed by atoms with Crippen LogP contribution >= 0.6 is 11.6 Å². The average Bonchev–Trinajstić information content (AvgIpc) is 2.65. The third-order valence-corrected chi connectivity index (χ3v) is 4.97. The minimum absolute atomic E-state index is 0.0783. The molecule has 0 aliphatic carbocycles. The molecule has 0 saturated heterocycles. The number of anilines is 1. The molecular weight excluding hydrogens is 424 g/mol. The first-order chi connectivity index (χ1) is 13.6. The standard InChI is InChI=1S/C17H17ClN4O6S/c1-28-16-8-5-13(18)9-15(16)21(29(2,26)27)11-17(23)20-19-10-12-3-6-14(7-4-12)22(24)25/h3-10H,11H2,1-2H3,(H,20,23)/b19-10-.